The molecule has 0 aliphatic carbocycles. The van der Waals surface area contributed by atoms with E-state index in [9.17, 15) is 4.39 Å². The Kier molecular flexibility index (Phi) is 4.76. The molecule has 1 aliphatic rings. The van der Waals surface area contributed by atoms with Gasteiger partial charge in [-0.2, -0.15) is 0 Å². The molecule has 0 bridgehead atoms. The van der Waals surface area contributed by atoms with E-state index in [-0.39, 0.29) is 12.4 Å². The molecule has 3 rings (SSSR count). The van der Waals surface area contributed by atoms with Gasteiger partial charge < -0.3 is 14.8 Å². The van der Waals surface area contributed by atoms with Gasteiger partial charge in [0.15, 0.2) is 11.5 Å². The van der Waals surface area contributed by atoms with Gasteiger partial charge in [0.2, 0.25) is 0 Å². The minimum atomic E-state index is -0.280. The predicted molar refractivity (Wildman–Crippen MR) is 87.7 cm³/mol. The quantitative estimate of drug-likeness (QED) is 0.922. The fourth-order valence-electron chi connectivity index (χ4n) is 2.49. The van der Waals surface area contributed by atoms with E-state index in [4.69, 9.17) is 9.47 Å². The molecular weight excluding hydrogens is 295 g/mol. The van der Waals surface area contributed by atoms with Crippen LogP contribution in [0, 0.1) is 5.82 Å². The maximum atomic E-state index is 13.8. The number of nitrogens with one attached hydrogen (secondary N) is 1. The van der Waals surface area contributed by atoms with Gasteiger partial charge in [0.25, 0.3) is 0 Å². The van der Waals surface area contributed by atoms with Crippen LogP contribution < -0.4 is 14.8 Å². The van der Waals surface area contributed by atoms with Crippen LogP contribution in [0.15, 0.2) is 47.5 Å². The number of methoxy groups -OCH3 is 1. The van der Waals surface area contributed by atoms with Gasteiger partial charge in [0.1, 0.15) is 18.3 Å². The molecule has 23 heavy (non-hydrogen) atoms. The van der Waals surface area contributed by atoms with Crippen LogP contribution in [0.25, 0.3) is 0 Å². The molecule has 120 valence electrons. The van der Waals surface area contributed by atoms with Crippen molar-refractivity contribution in [3.8, 4) is 11.5 Å². The van der Waals surface area contributed by atoms with Crippen LogP contribution in [-0.4, -0.2) is 26.0 Å². The summed E-state index contributed by atoms with van der Waals surface area (Å²) in [5.41, 5.74) is 1.34. The Morgan fingerprint density at radius 1 is 1.17 bits per heavy atom. The van der Waals surface area contributed by atoms with Gasteiger partial charge in [-0.3, -0.25) is 4.99 Å². The molecule has 0 saturated carbocycles. The van der Waals surface area contributed by atoms with Crippen LogP contribution in [-0.2, 0) is 6.61 Å². The molecule has 0 saturated heterocycles. The number of amidine groups is 1. The summed E-state index contributed by atoms with van der Waals surface area (Å²) >= 11 is 0. The first-order chi connectivity index (χ1) is 11.3. The minimum absolute atomic E-state index is 0.132. The number of aliphatic imine (C=N–C) groups is 1. The minimum Gasteiger partial charge on any atom is -0.493 e. The van der Waals surface area contributed by atoms with Crippen molar-refractivity contribution in [3.05, 3.63) is 59.4 Å². The Bertz CT molecular complexity index is 716. The Labute approximate surface area is 135 Å². The van der Waals surface area contributed by atoms with Crippen molar-refractivity contribution in [2.75, 3.05) is 20.2 Å². The van der Waals surface area contributed by atoms with Crippen molar-refractivity contribution in [1.29, 1.82) is 0 Å². The van der Waals surface area contributed by atoms with Gasteiger partial charge in [-0.25, -0.2) is 4.39 Å². The van der Waals surface area contributed by atoms with Crippen LogP contribution >= 0.6 is 0 Å². The lowest BCUT2D eigenvalue weighted by Crippen LogP contribution is -2.30. The van der Waals surface area contributed by atoms with E-state index in [2.05, 4.69) is 10.3 Å². The first-order valence-corrected chi connectivity index (χ1v) is 7.61. The van der Waals surface area contributed by atoms with Crippen LogP contribution in [0.1, 0.15) is 17.5 Å². The standard InChI is InChI=1S/C18H19FN2O2/c1-22-16-9-4-7-14(18-20-10-5-11-21-18)17(16)23-12-13-6-2-3-8-15(13)19/h2-4,6-9H,5,10-12H2,1H3,(H,20,21). The maximum absolute atomic E-state index is 13.8. The molecule has 0 spiro atoms. The fourth-order valence-corrected chi connectivity index (χ4v) is 2.49. The third-order valence-corrected chi connectivity index (χ3v) is 3.68. The van der Waals surface area contributed by atoms with E-state index in [1.807, 2.05) is 18.2 Å². The number of hydrogen-bond donors (Lipinski definition) is 1. The third kappa shape index (κ3) is 3.44. The molecule has 2 aromatic carbocycles. The van der Waals surface area contributed by atoms with Crippen molar-refractivity contribution in [2.24, 2.45) is 4.99 Å². The Morgan fingerprint density at radius 3 is 2.78 bits per heavy atom. The summed E-state index contributed by atoms with van der Waals surface area (Å²) in [4.78, 5) is 4.50. The average Bonchev–Trinajstić information content (AvgIpc) is 2.61. The van der Waals surface area contributed by atoms with E-state index in [0.29, 0.717) is 17.1 Å². The molecule has 1 aliphatic heterocycles. The first kappa shape index (κ1) is 15.3. The number of hydrogen-bond acceptors (Lipinski definition) is 4. The van der Waals surface area contributed by atoms with Crippen molar-refractivity contribution in [1.82, 2.24) is 5.32 Å². The summed E-state index contributed by atoms with van der Waals surface area (Å²) in [6, 6.07) is 12.2. The van der Waals surface area contributed by atoms with E-state index in [1.165, 1.54) is 6.07 Å². The molecule has 0 radical (unpaired) electrons. The second-order valence-corrected chi connectivity index (χ2v) is 5.23. The van der Waals surface area contributed by atoms with Gasteiger partial charge in [-0.15, -0.1) is 0 Å². The number of para-hydroxylation sites is 1. The van der Waals surface area contributed by atoms with Gasteiger partial charge in [-0.1, -0.05) is 24.3 Å². The van der Waals surface area contributed by atoms with Gasteiger partial charge in [-0.05, 0) is 24.6 Å². The van der Waals surface area contributed by atoms with E-state index in [0.717, 1.165) is 30.9 Å². The normalized spacial score (nSPS) is 13.9. The highest BCUT2D eigenvalue weighted by atomic mass is 19.1. The molecular formula is C18H19FN2O2. The predicted octanol–water partition coefficient (Wildman–Crippen LogP) is 3.15. The van der Waals surface area contributed by atoms with Crippen LogP contribution in [0.2, 0.25) is 0 Å². The summed E-state index contributed by atoms with van der Waals surface area (Å²) < 4.78 is 25.1. The Morgan fingerprint density at radius 2 is 2.04 bits per heavy atom. The van der Waals surface area contributed by atoms with Crippen molar-refractivity contribution >= 4 is 5.84 Å². The monoisotopic (exact) mass is 314 g/mol. The molecule has 0 unspecified atom stereocenters. The molecule has 4 nitrogen and oxygen atoms in total. The highest BCUT2D eigenvalue weighted by Crippen LogP contribution is 2.32. The zero-order chi connectivity index (χ0) is 16.1. The molecule has 1 heterocycles. The third-order valence-electron chi connectivity index (χ3n) is 3.68. The molecule has 1 N–H and O–H groups in total. The summed E-state index contributed by atoms with van der Waals surface area (Å²) in [7, 11) is 1.59. The highest BCUT2D eigenvalue weighted by Gasteiger charge is 2.17. The van der Waals surface area contributed by atoms with Crippen LogP contribution in [0.3, 0.4) is 0 Å². The summed E-state index contributed by atoms with van der Waals surface area (Å²) in [5, 5.41) is 3.28. The lowest BCUT2D eigenvalue weighted by Gasteiger charge is -2.19. The number of ether oxygens (including phenoxy) is 2. The van der Waals surface area contributed by atoms with E-state index < -0.39 is 0 Å². The van der Waals surface area contributed by atoms with E-state index in [1.54, 1.807) is 25.3 Å². The largest absolute Gasteiger partial charge is 0.493 e. The maximum Gasteiger partial charge on any atom is 0.172 e. The lowest BCUT2D eigenvalue weighted by molar-refractivity contribution is 0.279. The van der Waals surface area contributed by atoms with E-state index >= 15 is 0 Å². The van der Waals surface area contributed by atoms with Crippen LogP contribution in [0.5, 0.6) is 11.5 Å². The molecule has 2 aromatic rings. The summed E-state index contributed by atoms with van der Waals surface area (Å²) in [6.07, 6.45) is 1.01. The summed E-state index contributed by atoms with van der Waals surface area (Å²) in [5.74, 6) is 1.69. The first-order valence-electron chi connectivity index (χ1n) is 7.61. The molecule has 0 aromatic heterocycles. The van der Waals surface area contributed by atoms with Crippen molar-refractivity contribution in [3.63, 3.8) is 0 Å². The van der Waals surface area contributed by atoms with Gasteiger partial charge in [0.05, 0.1) is 12.7 Å². The van der Waals surface area contributed by atoms with Gasteiger partial charge >= 0.3 is 0 Å². The second kappa shape index (κ2) is 7.13. The zero-order valence-corrected chi connectivity index (χ0v) is 13.0. The number of halogens is 1. The molecule has 5 heteroatoms. The zero-order valence-electron chi connectivity index (χ0n) is 13.0. The van der Waals surface area contributed by atoms with Crippen molar-refractivity contribution < 1.29 is 13.9 Å². The topological polar surface area (TPSA) is 42.8 Å². The smallest absolute Gasteiger partial charge is 0.172 e. The average molecular weight is 314 g/mol. The number of nitrogens with zero attached hydrogens (tertiary/aromatic N) is 1. The SMILES string of the molecule is COc1cccc(C2=NCCCN2)c1OCc1ccccc1F. The van der Waals surface area contributed by atoms with Crippen molar-refractivity contribution in [2.45, 2.75) is 13.0 Å². The van der Waals surface area contributed by atoms with Gasteiger partial charge in [0, 0.05) is 18.7 Å². The summed E-state index contributed by atoms with van der Waals surface area (Å²) in [6.45, 7) is 1.79. The second-order valence-electron chi connectivity index (χ2n) is 5.23. The Balaban J connectivity index is 1.90. The molecule has 0 amide bonds. The highest BCUT2D eigenvalue weighted by molar-refractivity contribution is 6.02. The van der Waals surface area contributed by atoms with Crippen LogP contribution in [0.4, 0.5) is 4.39 Å². The molecule has 0 fully saturated rings. The fraction of sp³-hybridized carbons (Fsp3) is 0.278. The number of benzene rings is 2. The Hall–Kier alpha value is -2.56. The number of rotatable bonds is 5. The molecule has 0 atom stereocenters. The lowest BCUT2D eigenvalue weighted by atomic mass is 10.1.